The molecule has 0 spiro atoms. The molecule has 0 fully saturated rings. The number of methoxy groups -OCH3 is 2. The third-order valence-corrected chi connectivity index (χ3v) is 1.91. The fourth-order valence-corrected chi connectivity index (χ4v) is 1.15. The number of allylic oxidation sites excluding steroid dienone is 1. The highest BCUT2D eigenvalue weighted by Crippen LogP contribution is 2.23. The molecule has 0 aliphatic heterocycles. The highest BCUT2D eigenvalue weighted by molar-refractivity contribution is 6.66. The van der Waals surface area contributed by atoms with Crippen LogP contribution in [-0.2, 0) is 4.79 Å². The molecule has 3 nitrogen and oxygen atoms in total. The number of benzene rings is 1. The van der Waals surface area contributed by atoms with Crippen LogP contribution in [0.3, 0.4) is 0 Å². The number of halogens is 1. The summed E-state index contributed by atoms with van der Waals surface area (Å²) in [5, 5.41) is -0.517. The molecule has 15 heavy (non-hydrogen) atoms. The molecule has 0 amide bonds. The molecule has 1 rings (SSSR count). The third kappa shape index (κ3) is 3.64. The first kappa shape index (κ1) is 11.6. The van der Waals surface area contributed by atoms with Crippen molar-refractivity contribution in [2.75, 3.05) is 14.2 Å². The Kier molecular flexibility index (Phi) is 4.18. The molecule has 0 bridgehead atoms. The minimum Gasteiger partial charge on any atom is -0.497 e. The maximum Gasteiger partial charge on any atom is 0.245 e. The summed E-state index contributed by atoms with van der Waals surface area (Å²) in [4.78, 5) is 10.5. The summed E-state index contributed by atoms with van der Waals surface area (Å²) in [6.45, 7) is 0. The van der Waals surface area contributed by atoms with Crippen molar-refractivity contribution < 1.29 is 14.3 Å². The Morgan fingerprint density at radius 2 is 1.73 bits per heavy atom. The lowest BCUT2D eigenvalue weighted by atomic mass is 10.2. The average molecular weight is 227 g/mol. The molecule has 0 unspecified atom stereocenters. The van der Waals surface area contributed by atoms with Crippen molar-refractivity contribution in [2.24, 2.45) is 0 Å². The maximum absolute atomic E-state index is 10.5. The van der Waals surface area contributed by atoms with Crippen LogP contribution in [0.2, 0.25) is 0 Å². The molecule has 0 saturated heterocycles. The van der Waals surface area contributed by atoms with E-state index < -0.39 is 5.24 Å². The van der Waals surface area contributed by atoms with Gasteiger partial charge >= 0.3 is 0 Å². The van der Waals surface area contributed by atoms with E-state index in [4.69, 9.17) is 21.1 Å². The predicted octanol–water partition coefficient (Wildman–Crippen LogP) is 2.48. The van der Waals surface area contributed by atoms with Crippen molar-refractivity contribution in [2.45, 2.75) is 0 Å². The number of hydrogen-bond donors (Lipinski definition) is 0. The molecule has 0 radical (unpaired) electrons. The highest BCUT2D eigenvalue weighted by Gasteiger charge is 1.99. The van der Waals surface area contributed by atoms with E-state index in [1.807, 2.05) is 0 Å². The van der Waals surface area contributed by atoms with E-state index in [1.165, 1.54) is 6.08 Å². The second kappa shape index (κ2) is 5.41. The summed E-state index contributed by atoms with van der Waals surface area (Å²) in [6, 6.07) is 5.30. The molecule has 0 aliphatic carbocycles. The van der Waals surface area contributed by atoms with Gasteiger partial charge in [0, 0.05) is 6.07 Å². The van der Waals surface area contributed by atoms with Crippen molar-refractivity contribution in [3.8, 4) is 11.5 Å². The van der Waals surface area contributed by atoms with Gasteiger partial charge in [0.15, 0.2) is 0 Å². The lowest BCUT2D eigenvalue weighted by Crippen LogP contribution is -1.88. The van der Waals surface area contributed by atoms with Crippen LogP contribution >= 0.6 is 11.6 Å². The maximum atomic E-state index is 10.5. The smallest absolute Gasteiger partial charge is 0.245 e. The SMILES string of the molecule is COc1cc(C=CC(=O)Cl)cc(OC)c1. The van der Waals surface area contributed by atoms with Gasteiger partial charge < -0.3 is 9.47 Å². The van der Waals surface area contributed by atoms with Gasteiger partial charge in [-0.05, 0) is 41.4 Å². The van der Waals surface area contributed by atoms with Gasteiger partial charge in [-0.25, -0.2) is 0 Å². The van der Waals surface area contributed by atoms with Crippen LogP contribution in [0.4, 0.5) is 0 Å². The topological polar surface area (TPSA) is 35.5 Å². The van der Waals surface area contributed by atoms with Crippen molar-refractivity contribution >= 4 is 22.9 Å². The molecule has 1 aromatic carbocycles. The summed E-state index contributed by atoms with van der Waals surface area (Å²) < 4.78 is 10.1. The first-order valence-electron chi connectivity index (χ1n) is 4.26. The van der Waals surface area contributed by atoms with Gasteiger partial charge in [-0.15, -0.1) is 0 Å². The molecule has 0 N–H and O–H groups in total. The Hall–Kier alpha value is -1.48. The Morgan fingerprint density at radius 1 is 1.20 bits per heavy atom. The number of carbonyl (C=O) groups excluding carboxylic acids is 1. The summed E-state index contributed by atoms with van der Waals surface area (Å²) >= 11 is 5.19. The zero-order valence-corrected chi connectivity index (χ0v) is 9.25. The van der Waals surface area contributed by atoms with Gasteiger partial charge in [0.1, 0.15) is 11.5 Å². The Bertz CT molecular complexity index is 363. The molecule has 1 aromatic rings. The zero-order chi connectivity index (χ0) is 11.3. The third-order valence-electron chi connectivity index (χ3n) is 1.78. The van der Waals surface area contributed by atoms with Gasteiger partial charge in [-0.3, -0.25) is 4.79 Å². The van der Waals surface area contributed by atoms with Gasteiger partial charge in [0.2, 0.25) is 5.24 Å². The summed E-state index contributed by atoms with van der Waals surface area (Å²) in [5.74, 6) is 1.33. The number of ether oxygens (including phenoxy) is 2. The van der Waals surface area contributed by atoms with Crippen LogP contribution < -0.4 is 9.47 Å². The fraction of sp³-hybridized carbons (Fsp3) is 0.182. The van der Waals surface area contributed by atoms with Gasteiger partial charge in [0.05, 0.1) is 14.2 Å². The van der Waals surface area contributed by atoms with Crippen molar-refractivity contribution in [1.29, 1.82) is 0 Å². The standard InChI is InChI=1S/C11H11ClO3/c1-14-9-5-8(3-4-11(12)13)6-10(7-9)15-2/h3-7H,1-2H3. The van der Waals surface area contributed by atoms with Crippen LogP contribution in [-0.4, -0.2) is 19.5 Å². The number of rotatable bonds is 4. The van der Waals surface area contributed by atoms with Crippen LogP contribution in [0.5, 0.6) is 11.5 Å². The zero-order valence-electron chi connectivity index (χ0n) is 8.49. The quantitative estimate of drug-likeness (QED) is 0.585. The van der Waals surface area contributed by atoms with Crippen LogP contribution in [0.1, 0.15) is 5.56 Å². The second-order valence-electron chi connectivity index (χ2n) is 2.78. The molecule has 4 heteroatoms. The molecule has 80 valence electrons. The van der Waals surface area contributed by atoms with Crippen molar-refractivity contribution in [3.05, 3.63) is 29.8 Å². The lowest BCUT2D eigenvalue weighted by Gasteiger charge is -2.05. The summed E-state index contributed by atoms with van der Waals surface area (Å²) in [5.41, 5.74) is 0.792. The minimum atomic E-state index is -0.517. The molecule has 0 aliphatic rings. The molecular formula is C11H11ClO3. The van der Waals surface area contributed by atoms with E-state index in [-0.39, 0.29) is 0 Å². The number of hydrogen-bond acceptors (Lipinski definition) is 3. The van der Waals surface area contributed by atoms with Crippen molar-refractivity contribution in [3.63, 3.8) is 0 Å². The van der Waals surface area contributed by atoms with Crippen LogP contribution in [0.15, 0.2) is 24.3 Å². The monoisotopic (exact) mass is 226 g/mol. The fourth-order valence-electron chi connectivity index (χ4n) is 1.09. The summed E-state index contributed by atoms with van der Waals surface area (Å²) in [7, 11) is 3.13. The van der Waals surface area contributed by atoms with Gasteiger partial charge in [0.25, 0.3) is 0 Å². The van der Waals surface area contributed by atoms with Crippen LogP contribution in [0, 0.1) is 0 Å². The van der Waals surface area contributed by atoms with E-state index in [0.29, 0.717) is 11.5 Å². The minimum absolute atomic E-state index is 0.517. The normalized spacial score (nSPS) is 10.3. The van der Waals surface area contributed by atoms with E-state index in [1.54, 1.807) is 38.5 Å². The molecule has 0 heterocycles. The van der Waals surface area contributed by atoms with E-state index >= 15 is 0 Å². The second-order valence-corrected chi connectivity index (χ2v) is 3.16. The Labute approximate surface area is 93.3 Å². The Balaban J connectivity index is 3.01. The van der Waals surface area contributed by atoms with E-state index in [2.05, 4.69) is 0 Å². The van der Waals surface area contributed by atoms with E-state index in [9.17, 15) is 4.79 Å². The van der Waals surface area contributed by atoms with Crippen molar-refractivity contribution in [1.82, 2.24) is 0 Å². The Morgan fingerprint density at radius 3 is 2.13 bits per heavy atom. The number of carbonyl (C=O) groups is 1. The van der Waals surface area contributed by atoms with Crippen LogP contribution in [0.25, 0.3) is 6.08 Å². The van der Waals surface area contributed by atoms with E-state index in [0.717, 1.165) is 5.56 Å². The predicted molar refractivity (Wildman–Crippen MR) is 59.4 cm³/mol. The molecule has 0 aromatic heterocycles. The molecular weight excluding hydrogens is 216 g/mol. The lowest BCUT2D eigenvalue weighted by molar-refractivity contribution is -0.107. The molecule has 0 saturated carbocycles. The highest BCUT2D eigenvalue weighted by atomic mass is 35.5. The average Bonchev–Trinajstić information content (AvgIpc) is 2.25. The van der Waals surface area contributed by atoms with Gasteiger partial charge in [-0.2, -0.15) is 0 Å². The first-order chi connectivity index (χ1) is 7.15. The van der Waals surface area contributed by atoms with Gasteiger partial charge in [-0.1, -0.05) is 0 Å². The summed E-state index contributed by atoms with van der Waals surface area (Å²) in [6.07, 6.45) is 2.87. The largest absolute Gasteiger partial charge is 0.497 e. The first-order valence-corrected chi connectivity index (χ1v) is 4.64. The molecule has 0 atom stereocenters.